The lowest BCUT2D eigenvalue weighted by Crippen LogP contribution is -2.31. The minimum absolute atomic E-state index is 0.0732. The molecule has 3 rings (SSSR count). The Morgan fingerprint density at radius 2 is 1.89 bits per heavy atom. The van der Waals surface area contributed by atoms with Crippen molar-refractivity contribution < 1.29 is 28.9 Å². The summed E-state index contributed by atoms with van der Waals surface area (Å²) in [4.78, 5) is 28.0. The number of ether oxygens (including phenoxy) is 3. The number of rotatable bonds is 10. The fourth-order valence-electron chi connectivity index (χ4n) is 4.50. The highest BCUT2D eigenvalue weighted by atomic mass is 16.5. The van der Waals surface area contributed by atoms with Crippen molar-refractivity contribution in [1.82, 2.24) is 4.90 Å². The molecule has 0 spiro atoms. The Bertz CT molecular complexity index is 1120. The first kappa shape index (κ1) is 26.3. The molecule has 1 N–H and O–H groups in total. The van der Waals surface area contributed by atoms with E-state index in [1.807, 2.05) is 64.1 Å². The van der Waals surface area contributed by atoms with Gasteiger partial charge in [0.05, 0.1) is 25.3 Å². The summed E-state index contributed by atoms with van der Waals surface area (Å²) in [6, 6.07) is 10.3. The Morgan fingerprint density at radius 1 is 1.14 bits per heavy atom. The number of likely N-dealkylation sites (tertiary alicyclic amines) is 1. The monoisotopic (exact) mass is 481 g/mol. The molecule has 1 fully saturated rings. The second kappa shape index (κ2) is 11.4. The molecule has 1 atom stereocenters. The standard InChI is InChI=1S/C28H35NO6/c1-7-35-20-11-8-10-19(15-20)25-24(27(31)28(32)29(25)12-9-13-33-5)26(30)22-16-21(17(2)3)23(34-6)14-18(22)4/h8,10-11,14-17,25,30H,7,9,12-13H2,1-6H3/b26-24+. The van der Waals surface area contributed by atoms with Crippen molar-refractivity contribution in [1.29, 1.82) is 0 Å². The molecule has 2 aromatic rings. The predicted octanol–water partition coefficient (Wildman–Crippen LogP) is 4.98. The summed E-state index contributed by atoms with van der Waals surface area (Å²) in [5.41, 5.74) is 2.93. The number of carbonyl (C=O) groups is 2. The van der Waals surface area contributed by atoms with Crippen molar-refractivity contribution in [3.8, 4) is 11.5 Å². The number of methoxy groups -OCH3 is 2. The number of carbonyl (C=O) groups excluding carboxylic acids is 2. The van der Waals surface area contributed by atoms with Crippen molar-refractivity contribution in [3.05, 3.63) is 64.2 Å². The lowest BCUT2D eigenvalue weighted by atomic mass is 9.91. The number of aliphatic hydroxyl groups excluding tert-OH is 1. The second-order valence-corrected chi connectivity index (χ2v) is 8.91. The average Bonchev–Trinajstić information content (AvgIpc) is 3.08. The van der Waals surface area contributed by atoms with Gasteiger partial charge in [-0.1, -0.05) is 26.0 Å². The maximum Gasteiger partial charge on any atom is 0.295 e. The minimum atomic E-state index is -0.740. The summed E-state index contributed by atoms with van der Waals surface area (Å²) in [7, 11) is 3.20. The third-order valence-electron chi connectivity index (χ3n) is 6.23. The molecule has 0 radical (unpaired) electrons. The van der Waals surface area contributed by atoms with Crippen molar-refractivity contribution in [3.63, 3.8) is 0 Å². The molecule has 1 heterocycles. The molecule has 0 aliphatic carbocycles. The minimum Gasteiger partial charge on any atom is -0.507 e. The lowest BCUT2D eigenvalue weighted by Gasteiger charge is -2.26. The molecule has 7 nitrogen and oxygen atoms in total. The van der Waals surface area contributed by atoms with Crippen LogP contribution in [0.2, 0.25) is 0 Å². The number of ketones is 1. The largest absolute Gasteiger partial charge is 0.507 e. The van der Waals surface area contributed by atoms with E-state index >= 15 is 0 Å². The Kier molecular flexibility index (Phi) is 8.57. The van der Waals surface area contributed by atoms with E-state index in [0.29, 0.717) is 43.1 Å². The van der Waals surface area contributed by atoms with Crippen LogP contribution >= 0.6 is 0 Å². The number of amides is 1. The van der Waals surface area contributed by atoms with Crippen LogP contribution in [0.25, 0.3) is 5.76 Å². The fraction of sp³-hybridized carbons (Fsp3) is 0.429. The van der Waals surface area contributed by atoms with Gasteiger partial charge in [0, 0.05) is 25.8 Å². The van der Waals surface area contributed by atoms with E-state index in [2.05, 4.69) is 0 Å². The Hall–Kier alpha value is -3.32. The third-order valence-corrected chi connectivity index (χ3v) is 6.23. The van der Waals surface area contributed by atoms with E-state index in [-0.39, 0.29) is 17.3 Å². The number of hydrogen-bond donors (Lipinski definition) is 1. The molecule has 0 bridgehead atoms. The van der Waals surface area contributed by atoms with Crippen LogP contribution in [0.1, 0.15) is 61.4 Å². The summed E-state index contributed by atoms with van der Waals surface area (Å²) in [6.07, 6.45) is 0.560. The van der Waals surface area contributed by atoms with Gasteiger partial charge in [0.25, 0.3) is 11.7 Å². The SMILES string of the molecule is CCOc1cccc(C2/C(=C(\O)c3cc(C(C)C)c(OC)cc3C)C(=O)C(=O)N2CCCOC)c1. The quantitative estimate of drug-likeness (QED) is 0.223. The van der Waals surface area contributed by atoms with Crippen molar-refractivity contribution in [2.75, 3.05) is 34.0 Å². The molecule has 1 aliphatic heterocycles. The zero-order valence-electron chi connectivity index (χ0n) is 21.4. The highest BCUT2D eigenvalue weighted by Gasteiger charge is 2.46. The van der Waals surface area contributed by atoms with E-state index in [9.17, 15) is 14.7 Å². The first-order chi connectivity index (χ1) is 16.7. The molecular formula is C28H35NO6. The van der Waals surface area contributed by atoms with E-state index < -0.39 is 17.7 Å². The van der Waals surface area contributed by atoms with Gasteiger partial charge in [-0.2, -0.15) is 0 Å². The Balaban J connectivity index is 2.22. The van der Waals surface area contributed by atoms with E-state index in [4.69, 9.17) is 14.2 Å². The van der Waals surface area contributed by atoms with Crippen LogP contribution in [0, 0.1) is 6.92 Å². The summed E-state index contributed by atoms with van der Waals surface area (Å²) < 4.78 is 16.3. The van der Waals surface area contributed by atoms with E-state index in [0.717, 1.165) is 16.9 Å². The summed E-state index contributed by atoms with van der Waals surface area (Å²) in [5.74, 6) is -0.0401. The normalized spacial score (nSPS) is 17.3. The maximum absolute atomic E-state index is 13.3. The summed E-state index contributed by atoms with van der Waals surface area (Å²) in [6.45, 7) is 9.06. The van der Waals surface area contributed by atoms with Gasteiger partial charge in [0.15, 0.2) is 0 Å². The number of aliphatic hydroxyl groups is 1. The molecule has 1 aliphatic rings. The zero-order valence-corrected chi connectivity index (χ0v) is 21.4. The van der Waals surface area contributed by atoms with Crippen LogP contribution in [-0.4, -0.2) is 55.7 Å². The topological polar surface area (TPSA) is 85.3 Å². The van der Waals surface area contributed by atoms with Crippen molar-refractivity contribution in [2.45, 2.75) is 46.1 Å². The van der Waals surface area contributed by atoms with Gasteiger partial charge in [0.1, 0.15) is 17.3 Å². The predicted molar refractivity (Wildman–Crippen MR) is 135 cm³/mol. The molecule has 1 unspecified atom stereocenters. The molecule has 1 amide bonds. The maximum atomic E-state index is 13.3. The molecular weight excluding hydrogens is 446 g/mol. The first-order valence-electron chi connectivity index (χ1n) is 11.9. The van der Waals surface area contributed by atoms with Gasteiger partial charge in [-0.05, 0) is 67.1 Å². The molecule has 0 saturated carbocycles. The van der Waals surface area contributed by atoms with Gasteiger partial charge in [-0.3, -0.25) is 9.59 Å². The number of Topliss-reactive ketones (excluding diaryl/α,β-unsaturated/α-hetero) is 1. The lowest BCUT2D eigenvalue weighted by molar-refractivity contribution is -0.140. The second-order valence-electron chi connectivity index (χ2n) is 8.91. The zero-order chi connectivity index (χ0) is 25.7. The van der Waals surface area contributed by atoms with Crippen LogP contribution in [0.15, 0.2) is 42.0 Å². The van der Waals surface area contributed by atoms with Gasteiger partial charge in [-0.25, -0.2) is 0 Å². The smallest absolute Gasteiger partial charge is 0.295 e. The molecule has 35 heavy (non-hydrogen) atoms. The van der Waals surface area contributed by atoms with Gasteiger partial charge in [-0.15, -0.1) is 0 Å². The molecule has 1 saturated heterocycles. The molecule has 2 aromatic carbocycles. The van der Waals surface area contributed by atoms with E-state index in [1.54, 1.807) is 14.2 Å². The first-order valence-corrected chi connectivity index (χ1v) is 11.9. The summed E-state index contributed by atoms with van der Waals surface area (Å²) in [5, 5.41) is 11.5. The van der Waals surface area contributed by atoms with Crippen LogP contribution in [0.5, 0.6) is 11.5 Å². The fourth-order valence-corrected chi connectivity index (χ4v) is 4.50. The Morgan fingerprint density at radius 3 is 2.51 bits per heavy atom. The van der Waals surface area contributed by atoms with Crippen molar-refractivity contribution >= 4 is 17.4 Å². The van der Waals surface area contributed by atoms with Crippen molar-refractivity contribution in [2.24, 2.45) is 0 Å². The van der Waals surface area contributed by atoms with Gasteiger partial charge < -0.3 is 24.2 Å². The number of nitrogens with zero attached hydrogens (tertiary/aromatic N) is 1. The number of aryl methyl sites for hydroxylation is 1. The summed E-state index contributed by atoms with van der Waals surface area (Å²) >= 11 is 0. The molecule has 0 aromatic heterocycles. The van der Waals surface area contributed by atoms with Crippen LogP contribution in [-0.2, 0) is 14.3 Å². The average molecular weight is 482 g/mol. The Labute approximate surface area is 207 Å². The van der Waals surface area contributed by atoms with Crippen LogP contribution in [0.4, 0.5) is 0 Å². The van der Waals surface area contributed by atoms with E-state index in [1.165, 1.54) is 4.90 Å². The molecule has 7 heteroatoms. The van der Waals surface area contributed by atoms with Crippen LogP contribution < -0.4 is 9.47 Å². The highest BCUT2D eigenvalue weighted by molar-refractivity contribution is 6.46. The van der Waals surface area contributed by atoms with Crippen LogP contribution in [0.3, 0.4) is 0 Å². The number of hydrogen-bond acceptors (Lipinski definition) is 6. The third kappa shape index (κ3) is 5.35. The number of benzene rings is 2. The highest BCUT2D eigenvalue weighted by Crippen LogP contribution is 2.42. The van der Waals surface area contributed by atoms with Gasteiger partial charge in [0.2, 0.25) is 0 Å². The molecule has 188 valence electrons. The van der Waals surface area contributed by atoms with Gasteiger partial charge >= 0.3 is 0 Å².